The van der Waals surface area contributed by atoms with Gasteiger partial charge in [-0.3, -0.25) is 24.6 Å². The summed E-state index contributed by atoms with van der Waals surface area (Å²) in [4.78, 5) is 40.3. The molecule has 1 aromatic rings. The smallest absolute Gasteiger partial charge is 0.255 e. The molecule has 3 aliphatic heterocycles. The van der Waals surface area contributed by atoms with Crippen molar-refractivity contribution in [3.63, 3.8) is 0 Å². The van der Waals surface area contributed by atoms with Crippen LogP contribution in [0.2, 0.25) is 0 Å². The minimum Gasteiger partial charge on any atom is -0.330 e. The van der Waals surface area contributed by atoms with Gasteiger partial charge < -0.3 is 10.6 Å². The van der Waals surface area contributed by atoms with Gasteiger partial charge in [-0.05, 0) is 56.0 Å². The van der Waals surface area contributed by atoms with Crippen LogP contribution >= 0.6 is 0 Å². The van der Waals surface area contributed by atoms with Gasteiger partial charge in [0.1, 0.15) is 6.04 Å². The number of nitrogens with two attached hydrogens (primary N) is 1. The predicted octanol–water partition coefficient (Wildman–Crippen LogP) is 0.761. The highest BCUT2D eigenvalue weighted by atomic mass is 16.2. The number of rotatable bonds is 5. The van der Waals surface area contributed by atoms with Crippen molar-refractivity contribution < 1.29 is 14.4 Å². The van der Waals surface area contributed by atoms with Gasteiger partial charge in [0.25, 0.3) is 5.91 Å². The van der Waals surface area contributed by atoms with Crippen molar-refractivity contribution >= 4 is 17.7 Å². The number of fused-ring (bicyclic) bond motifs is 1. The molecular formula is C20H26N4O3. The monoisotopic (exact) mass is 370 g/mol. The van der Waals surface area contributed by atoms with E-state index in [9.17, 15) is 14.4 Å². The molecule has 1 aromatic carbocycles. The van der Waals surface area contributed by atoms with Gasteiger partial charge in [0.05, 0.1) is 0 Å². The minimum atomic E-state index is -0.557. The number of piperidine rings is 1. The van der Waals surface area contributed by atoms with Crippen molar-refractivity contribution in [3.05, 3.63) is 34.9 Å². The van der Waals surface area contributed by atoms with Crippen LogP contribution in [0.15, 0.2) is 18.2 Å². The Kier molecular flexibility index (Phi) is 4.97. The number of benzene rings is 1. The molecule has 4 rings (SSSR count). The molecule has 3 heterocycles. The lowest BCUT2D eigenvalue weighted by molar-refractivity contribution is -0.136. The Morgan fingerprint density at radius 2 is 2.04 bits per heavy atom. The molecule has 2 fully saturated rings. The number of likely N-dealkylation sites (tertiary alicyclic amines) is 1. The van der Waals surface area contributed by atoms with E-state index in [4.69, 9.17) is 5.73 Å². The lowest BCUT2D eigenvalue weighted by Gasteiger charge is -2.29. The molecule has 2 atom stereocenters. The number of hydrogen-bond donors (Lipinski definition) is 2. The first-order valence-corrected chi connectivity index (χ1v) is 9.77. The third-order valence-electron chi connectivity index (χ3n) is 5.97. The number of nitrogens with one attached hydrogen (secondary N) is 1. The summed E-state index contributed by atoms with van der Waals surface area (Å²) in [6.45, 7) is 3.09. The van der Waals surface area contributed by atoms with Crippen molar-refractivity contribution in [2.75, 3.05) is 13.1 Å². The molecule has 0 aromatic heterocycles. The van der Waals surface area contributed by atoms with Gasteiger partial charge >= 0.3 is 0 Å². The Balaban J connectivity index is 1.48. The third kappa shape index (κ3) is 3.49. The second-order valence-electron chi connectivity index (χ2n) is 7.74. The Morgan fingerprint density at radius 3 is 2.81 bits per heavy atom. The van der Waals surface area contributed by atoms with Crippen LogP contribution in [0.4, 0.5) is 0 Å². The molecule has 3 aliphatic rings. The summed E-state index contributed by atoms with van der Waals surface area (Å²) in [7, 11) is 0. The average Bonchev–Trinajstić information content (AvgIpc) is 3.20. The second kappa shape index (κ2) is 7.40. The summed E-state index contributed by atoms with van der Waals surface area (Å²) in [5.74, 6) is -0.747. The summed E-state index contributed by atoms with van der Waals surface area (Å²) in [5.41, 5.74) is 8.56. The third-order valence-corrected chi connectivity index (χ3v) is 5.97. The first kappa shape index (κ1) is 18.1. The Morgan fingerprint density at radius 1 is 1.19 bits per heavy atom. The van der Waals surface area contributed by atoms with Crippen LogP contribution in [-0.4, -0.2) is 52.7 Å². The van der Waals surface area contributed by atoms with E-state index in [0.717, 1.165) is 25.1 Å². The van der Waals surface area contributed by atoms with E-state index in [-0.39, 0.29) is 24.1 Å². The first-order valence-electron chi connectivity index (χ1n) is 9.77. The molecule has 3 amide bonds. The summed E-state index contributed by atoms with van der Waals surface area (Å²) in [6, 6.07) is 5.98. The van der Waals surface area contributed by atoms with E-state index in [1.165, 1.54) is 18.4 Å². The maximum atomic E-state index is 12.8. The van der Waals surface area contributed by atoms with Gasteiger partial charge in [-0.15, -0.1) is 0 Å². The molecule has 7 nitrogen and oxygen atoms in total. The summed E-state index contributed by atoms with van der Waals surface area (Å²) in [6.07, 6.45) is 4.10. The number of amides is 3. The highest BCUT2D eigenvalue weighted by Crippen LogP contribution is 2.29. The first-order chi connectivity index (χ1) is 13.1. The maximum absolute atomic E-state index is 12.8. The molecule has 0 aliphatic carbocycles. The van der Waals surface area contributed by atoms with Crippen LogP contribution in [-0.2, 0) is 22.7 Å². The summed E-state index contributed by atoms with van der Waals surface area (Å²) in [5, 5.41) is 2.34. The zero-order chi connectivity index (χ0) is 19.0. The second-order valence-corrected chi connectivity index (χ2v) is 7.74. The van der Waals surface area contributed by atoms with Crippen LogP contribution in [0.5, 0.6) is 0 Å². The molecule has 7 heteroatoms. The molecule has 0 radical (unpaired) electrons. The van der Waals surface area contributed by atoms with Crippen molar-refractivity contribution in [2.45, 2.75) is 57.3 Å². The van der Waals surface area contributed by atoms with Gasteiger partial charge in [-0.1, -0.05) is 12.1 Å². The minimum absolute atomic E-state index is 0.117. The lowest BCUT2D eigenvalue weighted by Crippen LogP contribution is -2.52. The molecule has 144 valence electrons. The van der Waals surface area contributed by atoms with Gasteiger partial charge in [-0.25, -0.2) is 0 Å². The standard InChI is InChI=1S/C20H26N4O3/c21-8-7-15-2-1-9-23(15)11-13-3-4-16-14(10-13)12-24(20(16)27)17-5-6-18(25)22-19(17)26/h3-4,10,15,17H,1-2,5-9,11-12,21H2,(H,22,25,26)/t15-,17?/m0/s1. The topological polar surface area (TPSA) is 95.7 Å². The van der Waals surface area contributed by atoms with Crippen molar-refractivity contribution in [3.8, 4) is 0 Å². The quantitative estimate of drug-likeness (QED) is 0.746. The fraction of sp³-hybridized carbons (Fsp3) is 0.550. The Hall–Kier alpha value is -2.25. The van der Waals surface area contributed by atoms with E-state index in [2.05, 4.69) is 16.3 Å². The Bertz CT molecular complexity index is 778. The molecular weight excluding hydrogens is 344 g/mol. The van der Waals surface area contributed by atoms with Crippen molar-refractivity contribution in [1.82, 2.24) is 15.1 Å². The fourth-order valence-corrected chi connectivity index (χ4v) is 4.58. The number of carbonyl (C=O) groups excluding carboxylic acids is 3. The van der Waals surface area contributed by atoms with Crippen LogP contribution in [0.1, 0.15) is 53.6 Å². The molecule has 3 N–H and O–H groups in total. The number of carbonyl (C=O) groups is 3. The van der Waals surface area contributed by atoms with E-state index in [0.29, 0.717) is 31.1 Å². The van der Waals surface area contributed by atoms with E-state index < -0.39 is 6.04 Å². The highest BCUT2D eigenvalue weighted by molar-refractivity contribution is 6.05. The van der Waals surface area contributed by atoms with Crippen LogP contribution < -0.4 is 11.1 Å². The molecule has 0 spiro atoms. The van der Waals surface area contributed by atoms with E-state index in [1.54, 1.807) is 4.90 Å². The molecule has 0 bridgehead atoms. The number of imide groups is 1. The zero-order valence-electron chi connectivity index (χ0n) is 15.4. The SMILES string of the molecule is NCC[C@@H]1CCCN1Cc1ccc2c(c1)CN(C1CCC(=O)NC1=O)C2=O. The number of nitrogens with zero attached hydrogens (tertiary/aromatic N) is 2. The lowest BCUT2D eigenvalue weighted by atomic mass is 10.0. The molecule has 2 saturated heterocycles. The van der Waals surface area contributed by atoms with Crippen LogP contribution in [0.25, 0.3) is 0 Å². The van der Waals surface area contributed by atoms with Crippen LogP contribution in [0.3, 0.4) is 0 Å². The summed E-state index contributed by atoms with van der Waals surface area (Å²) < 4.78 is 0. The van der Waals surface area contributed by atoms with Gasteiger partial charge in [0.2, 0.25) is 11.8 Å². The average molecular weight is 370 g/mol. The van der Waals surface area contributed by atoms with E-state index >= 15 is 0 Å². The zero-order valence-corrected chi connectivity index (χ0v) is 15.4. The van der Waals surface area contributed by atoms with Gasteiger partial charge in [-0.2, -0.15) is 0 Å². The fourth-order valence-electron chi connectivity index (χ4n) is 4.58. The summed E-state index contributed by atoms with van der Waals surface area (Å²) >= 11 is 0. The predicted molar refractivity (Wildman–Crippen MR) is 99.6 cm³/mol. The largest absolute Gasteiger partial charge is 0.330 e. The normalized spacial score (nSPS) is 25.8. The highest BCUT2D eigenvalue weighted by Gasteiger charge is 2.39. The van der Waals surface area contributed by atoms with Gasteiger partial charge in [0, 0.05) is 31.1 Å². The van der Waals surface area contributed by atoms with E-state index in [1.807, 2.05) is 12.1 Å². The molecule has 0 saturated carbocycles. The van der Waals surface area contributed by atoms with Crippen molar-refractivity contribution in [1.29, 1.82) is 0 Å². The van der Waals surface area contributed by atoms with Crippen molar-refractivity contribution in [2.24, 2.45) is 5.73 Å². The molecule has 27 heavy (non-hydrogen) atoms. The van der Waals surface area contributed by atoms with Gasteiger partial charge in [0.15, 0.2) is 0 Å². The number of hydrogen-bond acceptors (Lipinski definition) is 5. The maximum Gasteiger partial charge on any atom is 0.255 e. The van der Waals surface area contributed by atoms with Crippen LogP contribution in [0, 0.1) is 0 Å². The Labute approximate surface area is 158 Å². The molecule has 1 unspecified atom stereocenters.